The van der Waals surface area contributed by atoms with Gasteiger partial charge in [-0.2, -0.15) is 0 Å². The second-order valence-electron chi connectivity index (χ2n) is 3.68. The average Bonchev–Trinajstić information content (AvgIpc) is 2.36. The molecule has 0 bridgehead atoms. The van der Waals surface area contributed by atoms with E-state index in [1.165, 1.54) is 0 Å². The normalized spacial score (nSPS) is 12.5. The molecule has 0 N–H and O–H groups in total. The van der Waals surface area contributed by atoms with E-state index in [1.54, 1.807) is 24.3 Å². The first-order valence-corrected chi connectivity index (χ1v) is 6.26. The van der Waals surface area contributed by atoms with Crippen LogP contribution in [-0.2, 0) is 0 Å². The third-order valence-corrected chi connectivity index (χ3v) is 3.52. The van der Waals surface area contributed by atoms with Crippen molar-refractivity contribution in [3.63, 3.8) is 0 Å². The largest absolute Gasteiger partial charge is 0.204 e. The van der Waals surface area contributed by atoms with Crippen LogP contribution in [0.2, 0.25) is 0 Å². The highest BCUT2D eigenvalue weighted by molar-refractivity contribution is 9.10. The predicted molar refractivity (Wildman–Crippen MR) is 68.2 cm³/mol. The van der Waals surface area contributed by atoms with E-state index in [0.29, 0.717) is 5.56 Å². The van der Waals surface area contributed by atoms with Gasteiger partial charge in [0, 0.05) is 10.0 Å². The zero-order chi connectivity index (χ0) is 13.3. The molecule has 0 nitrogen and oxygen atoms in total. The Labute approximate surface area is 116 Å². The summed E-state index contributed by atoms with van der Waals surface area (Å²) in [5, 5.41) is -0.867. The molecule has 0 saturated heterocycles. The van der Waals surface area contributed by atoms with E-state index in [9.17, 15) is 13.2 Å². The first kappa shape index (κ1) is 13.4. The minimum absolute atomic E-state index is 0.0853. The van der Waals surface area contributed by atoms with Crippen molar-refractivity contribution in [1.82, 2.24) is 0 Å². The van der Waals surface area contributed by atoms with Crippen LogP contribution in [0.3, 0.4) is 0 Å². The van der Waals surface area contributed by atoms with Crippen LogP contribution in [0.15, 0.2) is 40.9 Å². The molecule has 2 rings (SSSR count). The molecule has 0 amide bonds. The van der Waals surface area contributed by atoms with Crippen LogP contribution >= 0.6 is 27.5 Å². The summed E-state index contributed by atoms with van der Waals surface area (Å²) in [4.78, 5) is 0. The summed E-state index contributed by atoms with van der Waals surface area (Å²) in [6, 6.07) is 8.85. The van der Waals surface area contributed by atoms with Crippen molar-refractivity contribution in [2.45, 2.75) is 5.38 Å². The summed E-state index contributed by atoms with van der Waals surface area (Å²) in [6.45, 7) is 0. The lowest BCUT2D eigenvalue weighted by Gasteiger charge is -2.12. The van der Waals surface area contributed by atoms with E-state index < -0.39 is 22.8 Å². The molecule has 0 aliphatic heterocycles. The van der Waals surface area contributed by atoms with Crippen LogP contribution in [0.5, 0.6) is 0 Å². The fourth-order valence-electron chi connectivity index (χ4n) is 1.55. The Morgan fingerprint density at radius 2 is 1.50 bits per heavy atom. The molecule has 0 spiro atoms. The quantitative estimate of drug-likeness (QED) is 0.523. The second-order valence-corrected chi connectivity index (χ2v) is 5.03. The summed E-state index contributed by atoms with van der Waals surface area (Å²) >= 11 is 9.33. The van der Waals surface area contributed by atoms with Crippen molar-refractivity contribution in [3.05, 3.63) is 69.4 Å². The number of alkyl halides is 1. The highest BCUT2D eigenvalue weighted by Crippen LogP contribution is 2.32. The highest BCUT2D eigenvalue weighted by atomic mass is 79.9. The van der Waals surface area contributed by atoms with Crippen molar-refractivity contribution in [3.8, 4) is 0 Å². The van der Waals surface area contributed by atoms with Gasteiger partial charge in [0.05, 0.1) is 5.38 Å². The molecule has 2 aromatic carbocycles. The number of hydrogen-bond acceptors (Lipinski definition) is 0. The molecule has 0 aromatic heterocycles. The molecule has 2 aromatic rings. The van der Waals surface area contributed by atoms with Crippen molar-refractivity contribution < 1.29 is 13.2 Å². The first-order chi connectivity index (χ1) is 8.50. The maximum atomic E-state index is 13.6. The van der Waals surface area contributed by atoms with E-state index in [1.807, 2.05) is 0 Å². The Balaban J connectivity index is 2.43. The number of rotatable bonds is 2. The summed E-state index contributed by atoms with van der Waals surface area (Å²) in [7, 11) is 0. The van der Waals surface area contributed by atoms with Crippen LogP contribution in [0.25, 0.3) is 0 Å². The maximum Gasteiger partial charge on any atom is 0.194 e. The summed E-state index contributed by atoms with van der Waals surface area (Å²) < 4.78 is 40.3. The van der Waals surface area contributed by atoms with Gasteiger partial charge in [-0.3, -0.25) is 0 Å². The predicted octanol–water partition coefficient (Wildman–Crippen LogP) is 5.19. The summed E-state index contributed by atoms with van der Waals surface area (Å²) in [6.07, 6.45) is 0. The maximum absolute atomic E-state index is 13.6. The first-order valence-electron chi connectivity index (χ1n) is 5.03. The molecule has 1 unspecified atom stereocenters. The van der Waals surface area contributed by atoms with Gasteiger partial charge in [-0.15, -0.1) is 11.6 Å². The van der Waals surface area contributed by atoms with Gasteiger partial charge in [0.2, 0.25) is 0 Å². The molecule has 0 radical (unpaired) electrons. The fourth-order valence-corrected chi connectivity index (χ4v) is 2.13. The molecule has 0 fully saturated rings. The van der Waals surface area contributed by atoms with E-state index in [2.05, 4.69) is 15.9 Å². The fraction of sp³-hybridized carbons (Fsp3) is 0.0769. The summed E-state index contributed by atoms with van der Waals surface area (Å²) in [5.74, 6) is -3.98. The molecule has 0 saturated carbocycles. The molecule has 0 aliphatic rings. The van der Waals surface area contributed by atoms with Gasteiger partial charge >= 0.3 is 0 Å². The Kier molecular flexibility index (Phi) is 3.97. The van der Waals surface area contributed by atoms with E-state index in [4.69, 9.17) is 11.6 Å². The van der Waals surface area contributed by atoms with E-state index in [0.717, 1.165) is 16.6 Å². The van der Waals surface area contributed by atoms with E-state index in [-0.39, 0.29) is 5.56 Å². The molecule has 0 heterocycles. The van der Waals surface area contributed by atoms with Gasteiger partial charge < -0.3 is 0 Å². The van der Waals surface area contributed by atoms with Crippen LogP contribution < -0.4 is 0 Å². The standard InChI is InChI=1S/C13H7BrClF3/c14-8-3-1-7(2-4-8)11(15)9-5-6-10(16)13(18)12(9)17/h1-6,11H. The zero-order valence-electron chi connectivity index (χ0n) is 8.93. The molecule has 94 valence electrons. The SMILES string of the molecule is Fc1ccc(C(Cl)c2ccc(Br)cc2)c(F)c1F. The van der Waals surface area contributed by atoms with E-state index >= 15 is 0 Å². The molecular formula is C13H7BrClF3. The number of benzene rings is 2. The monoisotopic (exact) mass is 334 g/mol. The molecule has 1 atom stereocenters. The zero-order valence-corrected chi connectivity index (χ0v) is 11.3. The lowest BCUT2D eigenvalue weighted by atomic mass is 10.0. The van der Waals surface area contributed by atoms with Gasteiger partial charge in [0.25, 0.3) is 0 Å². The molecule has 18 heavy (non-hydrogen) atoms. The van der Waals surface area contributed by atoms with Crippen LogP contribution in [0.4, 0.5) is 13.2 Å². The highest BCUT2D eigenvalue weighted by Gasteiger charge is 2.20. The van der Waals surface area contributed by atoms with Gasteiger partial charge in [-0.1, -0.05) is 34.1 Å². The van der Waals surface area contributed by atoms with Gasteiger partial charge in [0.1, 0.15) is 0 Å². The lowest BCUT2D eigenvalue weighted by molar-refractivity contribution is 0.441. The summed E-state index contributed by atoms with van der Waals surface area (Å²) in [5.41, 5.74) is 0.516. The van der Waals surface area contributed by atoms with Crippen molar-refractivity contribution in [2.24, 2.45) is 0 Å². The Morgan fingerprint density at radius 3 is 2.11 bits per heavy atom. The molecule has 0 aliphatic carbocycles. The van der Waals surface area contributed by atoms with Crippen LogP contribution in [-0.4, -0.2) is 0 Å². The van der Waals surface area contributed by atoms with Gasteiger partial charge in [0.15, 0.2) is 17.5 Å². The Bertz CT molecular complexity index is 569. The topological polar surface area (TPSA) is 0 Å². The minimum atomic E-state index is -1.50. The number of halogens is 5. The van der Waals surface area contributed by atoms with Crippen molar-refractivity contribution in [2.75, 3.05) is 0 Å². The van der Waals surface area contributed by atoms with Crippen molar-refractivity contribution >= 4 is 27.5 Å². The van der Waals surface area contributed by atoms with Crippen molar-refractivity contribution in [1.29, 1.82) is 0 Å². The smallest absolute Gasteiger partial charge is 0.194 e. The average molecular weight is 336 g/mol. The second kappa shape index (κ2) is 5.33. The third kappa shape index (κ3) is 2.54. The Hall–Kier alpha value is -1.00. The molecule has 5 heteroatoms. The van der Waals surface area contributed by atoms with Gasteiger partial charge in [-0.05, 0) is 23.8 Å². The molecular weight excluding hydrogens is 328 g/mol. The third-order valence-electron chi connectivity index (χ3n) is 2.50. The minimum Gasteiger partial charge on any atom is -0.204 e. The number of hydrogen-bond donors (Lipinski definition) is 0. The van der Waals surface area contributed by atoms with Crippen LogP contribution in [0, 0.1) is 17.5 Å². The van der Waals surface area contributed by atoms with Gasteiger partial charge in [-0.25, -0.2) is 13.2 Å². The lowest BCUT2D eigenvalue weighted by Crippen LogP contribution is -2.01. The van der Waals surface area contributed by atoms with Crippen LogP contribution in [0.1, 0.15) is 16.5 Å². The Morgan fingerprint density at radius 1 is 0.889 bits per heavy atom.